The highest BCUT2D eigenvalue weighted by Crippen LogP contribution is 2.24. The lowest BCUT2D eigenvalue weighted by atomic mass is 10.3. The molecule has 0 fully saturated rings. The summed E-state index contributed by atoms with van der Waals surface area (Å²) >= 11 is 6.96. The molecule has 0 bridgehead atoms. The van der Waals surface area contributed by atoms with Crippen LogP contribution >= 0.6 is 22.9 Å². The van der Waals surface area contributed by atoms with Gasteiger partial charge in [-0.1, -0.05) is 11.6 Å². The highest BCUT2D eigenvalue weighted by atomic mass is 35.5. The first-order chi connectivity index (χ1) is 9.08. The number of thiazole rings is 1. The van der Waals surface area contributed by atoms with Crippen LogP contribution in [-0.2, 0) is 4.74 Å². The third kappa shape index (κ3) is 3.65. The number of esters is 1. The molecule has 0 unspecified atom stereocenters. The third-order valence-corrected chi connectivity index (χ3v) is 3.08. The van der Waals surface area contributed by atoms with Crippen molar-refractivity contribution >= 4 is 39.7 Å². The van der Waals surface area contributed by atoms with Crippen LogP contribution in [0.25, 0.3) is 0 Å². The Labute approximate surface area is 118 Å². The topological polar surface area (TPSA) is 51.2 Å². The van der Waals surface area contributed by atoms with Gasteiger partial charge in [0.15, 0.2) is 10.8 Å². The van der Waals surface area contributed by atoms with Gasteiger partial charge in [0.05, 0.1) is 6.61 Å². The van der Waals surface area contributed by atoms with Gasteiger partial charge in [-0.15, -0.1) is 11.3 Å². The molecule has 1 heterocycles. The van der Waals surface area contributed by atoms with Crippen LogP contribution in [0.5, 0.6) is 0 Å². The minimum Gasteiger partial charge on any atom is -0.461 e. The van der Waals surface area contributed by atoms with E-state index < -0.39 is 11.8 Å². The fraction of sp³-hybridized carbons (Fsp3) is 0.167. The lowest BCUT2D eigenvalue weighted by molar-refractivity contribution is 0.0520. The van der Waals surface area contributed by atoms with E-state index in [2.05, 4.69) is 10.3 Å². The summed E-state index contributed by atoms with van der Waals surface area (Å²) in [6, 6.07) is 4.06. The standard InChI is InChI=1S/C12H10ClFN2O2S/c1-2-18-11(17)10-6-19-12(16-10)15-9-4-7(13)3-8(14)5-9/h3-6H,2H2,1H3,(H,15,16). The molecule has 4 nitrogen and oxygen atoms in total. The Morgan fingerprint density at radius 1 is 1.53 bits per heavy atom. The highest BCUT2D eigenvalue weighted by Gasteiger charge is 2.11. The molecule has 1 aromatic carbocycles. The van der Waals surface area contributed by atoms with Crippen LogP contribution in [0.15, 0.2) is 23.6 Å². The fourth-order valence-corrected chi connectivity index (χ4v) is 2.30. The van der Waals surface area contributed by atoms with E-state index in [1.165, 1.54) is 23.5 Å². The number of hydrogen-bond acceptors (Lipinski definition) is 5. The molecule has 0 radical (unpaired) electrons. The third-order valence-electron chi connectivity index (χ3n) is 2.10. The molecular weight excluding hydrogens is 291 g/mol. The number of carbonyl (C=O) groups excluding carboxylic acids is 1. The zero-order valence-corrected chi connectivity index (χ0v) is 11.5. The van der Waals surface area contributed by atoms with Gasteiger partial charge in [0.2, 0.25) is 0 Å². The number of hydrogen-bond donors (Lipinski definition) is 1. The molecule has 0 amide bonds. The van der Waals surface area contributed by atoms with E-state index in [1.54, 1.807) is 18.4 Å². The van der Waals surface area contributed by atoms with Crippen molar-refractivity contribution in [3.05, 3.63) is 40.1 Å². The average molecular weight is 301 g/mol. The smallest absolute Gasteiger partial charge is 0.357 e. The van der Waals surface area contributed by atoms with Crippen LogP contribution in [-0.4, -0.2) is 17.6 Å². The van der Waals surface area contributed by atoms with Gasteiger partial charge in [0.1, 0.15) is 5.82 Å². The highest BCUT2D eigenvalue weighted by molar-refractivity contribution is 7.14. The summed E-state index contributed by atoms with van der Waals surface area (Å²) in [6.07, 6.45) is 0. The van der Waals surface area contributed by atoms with E-state index in [0.29, 0.717) is 17.4 Å². The number of ether oxygens (including phenoxy) is 1. The molecule has 0 aliphatic heterocycles. The number of nitrogens with zero attached hydrogens (tertiary/aromatic N) is 1. The van der Waals surface area contributed by atoms with Crippen molar-refractivity contribution in [2.75, 3.05) is 11.9 Å². The molecule has 0 saturated carbocycles. The lowest BCUT2D eigenvalue weighted by Crippen LogP contribution is -2.05. The Hall–Kier alpha value is -1.66. The summed E-state index contributed by atoms with van der Waals surface area (Å²) in [5.41, 5.74) is 0.687. The first-order valence-corrected chi connectivity index (χ1v) is 6.70. The van der Waals surface area contributed by atoms with Crippen molar-refractivity contribution in [2.24, 2.45) is 0 Å². The zero-order valence-electron chi connectivity index (χ0n) is 9.94. The monoisotopic (exact) mass is 300 g/mol. The number of aromatic nitrogens is 1. The summed E-state index contributed by atoms with van der Waals surface area (Å²) in [5.74, 6) is -0.929. The Morgan fingerprint density at radius 2 is 2.32 bits per heavy atom. The summed E-state index contributed by atoms with van der Waals surface area (Å²) in [5, 5.41) is 5.19. The van der Waals surface area contributed by atoms with Crippen molar-refractivity contribution in [2.45, 2.75) is 6.92 Å². The first-order valence-electron chi connectivity index (χ1n) is 5.44. The first kappa shape index (κ1) is 13.8. The van der Waals surface area contributed by atoms with Crippen LogP contribution in [0.1, 0.15) is 17.4 Å². The van der Waals surface area contributed by atoms with E-state index in [0.717, 1.165) is 0 Å². The molecule has 7 heteroatoms. The van der Waals surface area contributed by atoms with Crippen LogP contribution in [0.4, 0.5) is 15.2 Å². The largest absolute Gasteiger partial charge is 0.461 e. The Kier molecular flexibility index (Phi) is 4.34. The Morgan fingerprint density at radius 3 is 3.00 bits per heavy atom. The van der Waals surface area contributed by atoms with E-state index >= 15 is 0 Å². The second-order valence-electron chi connectivity index (χ2n) is 3.54. The lowest BCUT2D eigenvalue weighted by Gasteiger charge is -2.03. The Balaban J connectivity index is 2.13. The van der Waals surface area contributed by atoms with Crippen molar-refractivity contribution in [1.82, 2.24) is 4.98 Å². The fourth-order valence-electron chi connectivity index (χ4n) is 1.38. The van der Waals surface area contributed by atoms with Gasteiger partial charge in [-0.05, 0) is 25.1 Å². The molecule has 1 N–H and O–H groups in total. The number of nitrogens with one attached hydrogen (secondary N) is 1. The van der Waals surface area contributed by atoms with Gasteiger partial charge >= 0.3 is 5.97 Å². The van der Waals surface area contributed by atoms with Crippen molar-refractivity contribution in [3.63, 3.8) is 0 Å². The molecule has 1 aromatic heterocycles. The van der Waals surface area contributed by atoms with Crippen molar-refractivity contribution < 1.29 is 13.9 Å². The van der Waals surface area contributed by atoms with Crippen LogP contribution < -0.4 is 5.32 Å². The molecule has 2 aromatic rings. The minimum absolute atomic E-state index is 0.219. The Bertz CT molecular complexity index is 583. The molecule has 0 atom stereocenters. The molecule has 2 rings (SSSR count). The van der Waals surface area contributed by atoms with Crippen molar-refractivity contribution in [3.8, 4) is 0 Å². The molecule has 0 spiro atoms. The van der Waals surface area contributed by atoms with Gasteiger partial charge < -0.3 is 10.1 Å². The van der Waals surface area contributed by atoms with E-state index in [1.807, 2.05) is 0 Å². The summed E-state index contributed by atoms with van der Waals surface area (Å²) < 4.78 is 18.0. The van der Waals surface area contributed by atoms with Gasteiger partial charge in [-0.25, -0.2) is 14.2 Å². The van der Waals surface area contributed by atoms with Crippen LogP contribution in [0, 0.1) is 5.82 Å². The predicted octanol–water partition coefficient (Wildman–Crippen LogP) is 3.86. The van der Waals surface area contributed by atoms with Gasteiger partial charge in [-0.3, -0.25) is 0 Å². The average Bonchev–Trinajstić information content (AvgIpc) is 2.76. The summed E-state index contributed by atoms with van der Waals surface area (Å²) in [4.78, 5) is 15.5. The molecule has 19 heavy (non-hydrogen) atoms. The van der Waals surface area contributed by atoms with Gasteiger partial charge in [0, 0.05) is 16.1 Å². The second kappa shape index (κ2) is 5.99. The maximum atomic E-state index is 13.1. The summed E-state index contributed by atoms with van der Waals surface area (Å²) in [6.45, 7) is 2.01. The predicted molar refractivity (Wildman–Crippen MR) is 72.8 cm³/mol. The maximum Gasteiger partial charge on any atom is 0.357 e. The maximum absolute atomic E-state index is 13.1. The zero-order chi connectivity index (χ0) is 13.8. The second-order valence-corrected chi connectivity index (χ2v) is 4.84. The molecule has 0 aliphatic rings. The number of anilines is 2. The van der Waals surface area contributed by atoms with E-state index in [-0.39, 0.29) is 10.7 Å². The van der Waals surface area contributed by atoms with Gasteiger partial charge in [0.25, 0.3) is 0 Å². The number of carbonyl (C=O) groups is 1. The van der Waals surface area contributed by atoms with Crippen molar-refractivity contribution in [1.29, 1.82) is 0 Å². The molecule has 100 valence electrons. The van der Waals surface area contributed by atoms with Crippen LogP contribution in [0.2, 0.25) is 5.02 Å². The van der Waals surface area contributed by atoms with E-state index in [9.17, 15) is 9.18 Å². The minimum atomic E-state index is -0.482. The van der Waals surface area contributed by atoms with Gasteiger partial charge in [-0.2, -0.15) is 0 Å². The summed E-state index contributed by atoms with van der Waals surface area (Å²) in [7, 11) is 0. The quantitative estimate of drug-likeness (QED) is 0.871. The number of halogens is 2. The normalized spacial score (nSPS) is 10.3. The number of rotatable bonds is 4. The van der Waals surface area contributed by atoms with E-state index in [4.69, 9.17) is 16.3 Å². The number of benzene rings is 1. The SMILES string of the molecule is CCOC(=O)c1csc(Nc2cc(F)cc(Cl)c2)n1. The molecule has 0 saturated heterocycles. The molecule has 0 aliphatic carbocycles. The van der Waals surface area contributed by atoms with Crippen LogP contribution in [0.3, 0.4) is 0 Å². The molecular formula is C12H10ClFN2O2S.